The quantitative estimate of drug-likeness (QED) is 0.413. The Labute approximate surface area is 207 Å². The number of allylic oxidation sites excluding steroid dienone is 11. The zero-order chi connectivity index (χ0) is 25.2. The Bertz CT molecular complexity index is 1540. The summed E-state index contributed by atoms with van der Waals surface area (Å²) in [4.78, 5) is 0. The molecule has 1 heteroatoms. The highest BCUT2D eigenvalue weighted by Crippen LogP contribution is 2.61. The first-order valence-corrected chi connectivity index (χ1v) is 11.6. The number of rotatable bonds is 5. The van der Waals surface area contributed by atoms with Crippen molar-refractivity contribution in [3.8, 4) is 11.1 Å². The molecule has 4 rings (SSSR count). The number of fused-ring (bicyclic) bond motifs is 5. The molecule has 1 atom stereocenters. The van der Waals surface area contributed by atoms with Gasteiger partial charge in [-0.05, 0) is 62.8 Å². The third-order valence-electron chi connectivity index (χ3n) is 6.70. The minimum atomic E-state index is -0.789. The molecule has 0 bridgehead atoms. The van der Waals surface area contributed by atoms with Crippen molar-refractivity contribution in [3.05, 3.63) is 167 Å². The van der Waals surface area contributed by atoms with Crippen molar-refractivity contribution in [2.75, 3.05) is 0 Å². The van der Waals surface area contributed by atoms with Gasteiger partial charge in [-0.2, -0.15) is 0 Å². The monoisotopic (exact) mass is 456 g/mol. The van der Waals surface area contributed by atoms with Crippen LogP contribution in [0.1, 0.15) is 18.1 Å². The first-order chi connectivity index (χ1) is 17.0. The summed E-state index contributed by atoms with van der Waals surface area (Å²) < 4.78 is 15.7. The minimum Gasteiger partial charge on any atom is -0.206 e. The highest BCUT2D eigenvalue weighted by atomic mass is 19.1. The molecule has 0 aromatic heterocycles. The van der Waals surface area contributed by atoms with Crippen molar-refractivity contribution in [2.24, 2.45) is 0 Å². The average Bonchev–Trinajstić information content (AvgIpc) is 3.30. The lowest BCUT2D eigenvalue weighted by atomic mass is 9.68. The van der Waals surface area contributed by atoms with Crippen LogP contribution in [-0.2, 0) is 5.41 Å². The Morgan fingerprint density at radius 2 is 1.37 bits per heavy atom. The van der Waals surface area contributed by atoms with E-state index in [1.54, 1.807) is 24.3 Å². The molecule has 2 aromatic carbocycles. The van der Waals surface area contributed by atoms with Crippen LogP contribution in [0.25, 0.3) is 24.3 Å². The zero-order valence-corrected chi connectivity index (χ0v) is 20.2. The lowest BCUT2D eigenvalue weighted by Crippen LogP contribution is -2.28. The molecule has 0 fully saturated rings. The summed E-state index contributed by atoms with van der Waals surface area (Å²) in [5.41, 5.74) is 6.97. The first kappa shape index (κ1) is 23.9. The molecule has 1 spiro atoms. The summed E-state index contributed by atoms with van der Waals surface area (Å²) in [6.45, 7) is 22.5. The topological polar surface area (TPSA) is 0 Å². The maximum atomic E-state index is 15.7. The highest BCUT2D eigenvalue weighted by molar-refractivity contribution is 5.90. The van der Waals surface area contributed by atoms with Crippen LogP contribution in [0.4, 0.5) is 4.39 Å². The van der Waals surface area contributed by atoms with Crippen LogP contribution in [-0.4, -0.2) is 0 Å². The van der Waals surface area contributed by atoms with Crippen LogP contribution in [0.2, 0.25) is 0 Å². The molecule has 0 aliphatic heterocycles. The van der Waals surface area contributed by atoms with E-state index in [-0.39, 0.29) is 5.82 Å². The molecule has 0 saturated heterocycles. The van der Waals surface area contributed by atoms with Gasteiger partial charge in [-0.3, -0.25) is 0 Å². The SMILES string of the molecule is C=C/C=C\C1=C(C=C)C(C=C)=C(/C=C\C)C12c1ccccc1-c1c2cc(F)c(=C)ccccc1=C. The molecule has 2 aliphatic rings. The van der Waals surface area contributed by atoms with Crippen LogP contribution in [0.3, 0.4) is 0 Å². The van der Waals surface area contributed by atoms with E-state index in [1.165, 1.54) is 0 Å². The van der Waals surface area contributed by atoms with E-state index in [0.717, 1.165) is 49.8 Å². The van der Waals surface area contributed by atoms with E-state index in [1.807, 2.05) is 55.5 Å². The molecule has 172 valence electrons. The van der Waals surface area contributed by atoms with Gasteiger partial charge in [0.1, 0.15) is 5.82 Å². The summed E-state index contributed by atoms with van der Waals surface area (Å²) in [7, 11) is 0. The third kappa shape index (κ3) is 3.52. The van der Waals surface area contributed by atoms with E-state index < -0.39 is 5.41 Å². The lowest BCUT2D eigenvalue weighted by molar-refractivity contribution is 0.615. The summed E-state index contributed by atoms with van der Waals surface area (Å²) in [5.74, 6) is -0.386. The van der Waals surface area contributed by atoms with Gasteiger partial charge in [0.05, 0.1) is 5.41 Å². The highest BCUT2D eigenvalue weighted by Gasteiger charge is 2.52. The van der Waals surface area contributed by atoms with Gasteiger partial charge >= 0.3 is 0 Å². The Balaban J connectivity index is 2.41. The van der Waals surface area contributed by atoms with Gasteiger partial charge < -0.3 is 0 Å². The second kappa shape index (κ2) is 9.56. The molecule has 2 aliphatic carbocycles. The predicted molar refractivity (Wildman–Crippen MR) is 149 cm³/mol. The second-order valence-electron chi connectivity index (χ2n) is 8.50. The number of hydrogen-bond acceptors (Lipinski definition) is 0. The molecule has 0 N–H and O–H groups in total. The maximum Gasteiger partial charge on any atom is 0.130 e. The number of hydrogen-bond donors (Lipinski definition) is 0. The van der Waals surface area contributed by atoms with Crippen molar-refractivity contribution < 1.29 is 4.39 Å². The molecule has 0 radical (unpaired) electrons. The van der Waals surface area contributed by atoms with Crippen LogP contribution in [0.15, 0.2) is 139 Å². The summed E-state index contributed by atoms with van der Waals surface area (Å²) in [5, 5.41) is 1.12. The smallest absolute Gasteiger partial charge is 0.130 e. The molecule has 0 saturated carbocycles. The average molecular weight is 457 g/mol. The van der Waals surface area contributed by atoms with E-state index in [0.29, 0.717) is 5.22 Å². The van der Waals surface area contributed by atoms with Gasteiger partial charge in [0.2, 0.25) is 0 Å². The van der Waals surface area contributed by atoms with Crippen molar-refractivity contribution >= 4 is 13.2 Å². The summed E-state index contributed by atoms with van der Waals surface area (Å²) >= 11 is 0. The van der Waals surface area contributed by atoms with Crippen LogP contribution < -0.4 is 10.4 Å². The Hall–Kier alpha value is -4.23. The Morgan fingerprint density at radius 3 is 2.00 bits per heavy atom. The summed E-state index contributed by atoms with van der Waals surface area (Å²) in [6, 6.07) is 17.2. The molecule has 35 heavy (non-hydrogen) atoms. The fourth-order valence-corrected chi connectivity index (χ4v) is 5.38. The molecular formula is C34H29F. The van der Waals surface area contributed by atoms with Gasteiger partial charge in [-0.15, -0.1) is 0 Å². The molecule has 0 amide bonds. The van der Waals surface area contributed by atoms with Gasteiger partial charge in [0.15, 0.2) is 0 Å². The molecule has 2 aromatic rings. The minimum absolute atomic E-state index is 0.315. The van der Waals surface area contributed by atoms with Crippen molar-refractivity contribution in [1.82, 2.24) is 0 Å². The fraction of sp³-hybridized carbons (Fsp3) is 0.0588. The molecule has 0 nitrogen and oxygen atoms in total. The molecule has 0 heterocycles. The van der Waals surface area contributed by atoms with Crippen LogP contribution >= 0.6 is 0 Å². The zero-order valence-electron chi connectivity index (χ0n) is 20.2. The number of benzene rings is 1. The standard InChI is InChI=1S/C34H29F/c1-7-11-20-29-26(10-4)25(9-3)28(16-8-2)34(29)30-21-15-14-19-27(30)33-24(6)18-13-12-17-23(5)32(35)22-31(33)34/h7-22H,1,3-6H2,2H3/b16-8-,17-12?,18-13?,20-11-,32-22?. The predicted octanol–water partition coefficient (Wildman–Crippen LogP) is 7.33. The van der Waals surface area contributed by atoms with Crippen LogP contribution in [0.5, 0.6) is 0 Å². The molecular weight excluding hydrogens is 427 g/mol. The number of halogens is 1. The van der Waals surface area contributed by atoms with Gasteiger partial charge in [0, 0.05) is 5.22 Å². The normalized spacial score (nSPS) is 18.2. The Kier molecular flexibility index (Phi) is 6.53. The lowest BCUT2D eigenvalue weighted by Gasteiger charge is -2.32. The van der Waals surface area contributed by atoms with E-state index in [9.17, 15) is 0 Å². The summed E-state index contributed by atoms with van der Waals surface area (Å²) in [6.07, 6.45) is 13.5. The largest absolute Gasteiger partial charge is 0.206 e. The van der Waals surface area contributed by atoms with E-state index in [2.05, 4.69) is 57.2 Å². The fourth-order valence-electron chi connectivity index (χ4n) is 5.38. The first-order valence-electron chi connectivity index (χ1n) is 11.6. The molecule has 1 unspecified atom stereocenters. The van der Waals surface area contributed by atoms with Crippen molar-refractivity contribution in [1.29, 1.82) is 0 Å². The maximum absolute atomic E-state index is 15.7. The second-order valence-corrected chi connectivity index (χ2v) is 8.50. The van der Waals surface area contributed by atoms with E-state index in [4.69, 9.17) is 0 Å². The van der Waals surface area contributed by atoms with E-state index >= 15 is 4.39 Å². The van der Waals surface area contributed by atoms with Gasteiger partial charge in [0.25, 0.3) is 0 Å². The van der Waals surface area contributed by atoms with Gasteiger partial charge in [-0.1, -0.05) is 124 Å². The van der Waals surface area contributed by atoms with Crippen molar-refractivity contribution in [3.63, 3.8) is 0 Å². The van der Waals surface area contributed by atoms with Gasteiger partial charge in [-0.25, -0.2) is 4.39 Å². The third-order valence-corrected chi connectivity index (χ3v) is 6.70. The van der Waals surface area contributed by atoms with Crippen molar-refractivity contribution in [2.45, 2.75) is 12.3 Å². The van der Waals surface area contributed by atoms with Crippen LogP contribution in [0, 0.1) is 5.82 Å². The Morgan fingerprint density at radius 1 is 0.771 bits per heavy atom.